The third-order valence-electron chi connectivity index (χ3n) is 1.73. The van der Waals surface area contributed by atoms with Gasteiger partial charge in [-0.25, -0.2) is 10.2 Å². The summed E-state index contributed by atoms with van der Waals surface area (Å²) in [7, 11) is 0.870. The van der Waals surface area contributed by atoms with Crippen LogP contribution in [-0.2, 0) is 0 Å². The largest absolute Gasteiger partial charge is 0.658 e. The quantitative estimate of drug-likeness (QED) is 0.644. The molecule has 1 radical (unpaired) electrons. The Labute approximate surface area is 94.9 Å². The molecule has 0 atom stereocenters. The lowest BCUT2D eigenvalue weighted by Gasteiger charge is -2.03. The van der Waals surface area contributed by atoms with Crippen molar-refractivity contribution in [3.05, 3.63) is 45.2 Å². The molecule has 0 saturated heterocycles. The molecule has 2 aromatic rings. The zero-order chi connectivity index (χ0) is 12.1. The van der Waals surface area contributed by atoms with Gasteiger partial charge in [-0.15, -0.1) is 0 Å². The van der Waals surface area contributed by atoms with Gasteiger partial charge in [0.25, 0.3) is 0 Å². The van der Waals surface area contributed by atoms with E-state index in [0.717, 1.165) is 7.69 Å². The summed E-state index contributed by atoms with van der Waals surface area (Å²) in [5.74, 6) is 0.0102. The molecule has 17 heavy (non-hydrogen) atoms. The summed E-state index contributed by atoms with van der Waals surface area (Å²) >= 11 is 0. The third-order valence-corrected chi connectivity index (χ3v) is 1.73. The van der Waals surface area contributed by atoms with Crippen molar-refractivity contribution in [2.24, 2.45) is 0 Å². The maximum absolute atomic E-state index is 11.1. The molecule has 0 bridgehead atoms. The van der Waals surface area contributed by atoms with Crippen LogP contribution in [0.5, 0.6) is 11.5 Å². The predicted octanol–water partition coefficient (Wildman–Crippen LogP) is -1.15. The summed E-state index contributed by atoms with van der Waals surface area (Å²) in [6.45, 7) is 0. The van der Waals surface area contributed by atoms with Crippen molar-refractivity contribution in [3.63, 3.8) is 0 Å². The summed E-state index contributed by atoms with van der Waals surface area (Å²) in [6, 6.07) is 2.71. The van der Waals surface area contributed by atoms with E-state index in [-0.39, 0.29) is 11.5 Å². The van der Waals surface area contributed by atoms with E-state index in [4.69, 9.17) is 9.31 Å². The molecule has 0 aliphatic rings. The van der Waals surface area contributed by atoms with Crippen LogP contribution in [0.3, 0.4) is 0 Å². The molecular formula is C8H6BN4O4. The highest BCUT2D eigenvalue weighted by molar-refractivity contribution is 6.20. The highest BCUT2D eigenvalue weighted by Gasteiger charge is 2.06. The second-order valence-corrected chi connectivity index (χ2v) is 2.83. The van der Waals surface area contributed by atoms with Gasteiger partial charge in [0, 0.05) is 12.1 Å². The van der Waals surface area contributed by atoms with Crippen LogP contribution in [0.2, 0.25) is 0 Å². The molecular weight excluding hydrogens is 227 g/mol. The number of H-pyrrole nitrogens is 2. The van der Waals surface area contributed by atoms with E-state index in [0.29, 0.717) is 0 Å². The van der Waals surface area contributed by atoms with Crippen molar-refractivity contribution in [1.82, 2.24) is 20.4 Å². The molecule has 0 aromatic carbocycles. The molecule has 0 saturated carbocycles. The lowest BCUT2D eigenvalue weighted by molar-refractivity contribution is 0.449. The van der Waals surface area contributed by atoms with Gasteiger partial charge in [-0.1, -0.05) is 0 Å². The van der Waals surface area contributed by atoms with E-state index in [2.05, 4.69) is 20.4 Å². The van der Waals surface area contributed by atoms with E-state index in [1.807, 2.05) is 0 Å². The SMILES string of the molecule is O=c1[nH]nccc1O[B]Oc1ccn[nH]c1=O. The third kappa shape index (κ3) is 2.71. The first-order valence-electron chi connectivity index (χ1n) is 4.50. The highest BCUT2D eigenvalue weighted by atomic mass is 16.6. The summed E-state index contributed by atoms with van der Waals surface area (Å²) in [6.07, 6.45) is 2.70. The Morgan fingerprint density at radius 3 is 1.82 bits per heavy atom. The number of rotatable bonds is 4. The van der Waals surface area contributed by atoms with Gasteiger partial charge >= 0.3 is 18.8 Å². The molecule has 2 aromatic heterocycles. The summed E-state index contributed by atoms with van der Waals surface area (Å²) in [4.78, 5) is 22.3. The Bertz CT molecular complexity index is 557. The van der Waals surface area contributed by atoms with E-state index < -0.39 is 11.1 Å². The molecule has 0 unspecified atom stereocenters. The smallest absolute Gasteiger partial charge is 0.522 e. The first kappa shape index (κ1) is 10.9. The first-order chi connectivity index (χ1) is 8.27. The van der Waals surface area contributed by atoms with Gasteiger partial charge in [-0.3, -0.25) is 9.59 Å². The van der Waals surface area contributed by atoms with Crippen LogP contribution in [0.1, 0.15) is 0 Å². The topological polar surface area (TPSA) is 110 Å². The molecule has 85 valence electrons. The Morgan fingerprint density at radius 1 is 0.941 bits per heavy atom. The number of aromatic amines is 2. The van der Waals surface area contributed by atoms with Crippen molar-refractivity contribution in [1.29, 1.82) is 0 Å². The second-order valence-electron chi connectivity index (χ2n) is 2.83. The lowest BCUT2D eigenvalue weighted by atomic mass is 10.3. The molecule has 0 aliphatic heterocycles. The zero-order valence-corrected chi connectivity index (χ0v) is 8.41. The minimum Gasteiger partial charge on any atom is -0.522 e. The second kappa shape index (κ2) is 4.97. The van der Waals surface area contributed by atoms with Crippen molar-refractivity contribution in [3.8, 4) is 11.5 Å². The van der Waals surface area contributed by atoms with Crippen molar-refractivity contribution < 1.29 is 9.31 Å². The van der Waals surface area contributed by atoms with Gasteiger partial charge < -0.3 is 9.31 Å². The molecule has 2 N–H and O–H groups in total. The molecule has 9 heteroatoms. The molecule has 0 spiro atoms. The van der Waals surface area contributed by atoms with Crippen LogP contribution < -0.4 is 20.4 Å². The van der Waals surface area contributed by atoms with Gasteiger partial charge in [0.15, 0.2) is 11.5 Å². The average Bonchev–Trinajstić information content (AvgIpc) is 2.34. The van der Waals surface area contributed by atoms with Gasteiger partial charge in [0.1, 0.15) is 0 Å². The van der Waals surface area contributed by atoms with Crippen LogP contribution in [0.25, 0.3) is 0 Å². The van der Waals surface area contributed by atoms with E-state index in [1.54, 1.807) is 0 Å². The van der Waals surface area contributed by atoms with Crippen LogP contribution in [0.15, 0.2) is 34.1 Å². The van der Waals surface area contributed by atoms with Gasteiger partial charge in [-0.05, 0) is 0 Å². The van der Waals surface area contributed by atoms with Gasteiger partial charge in [0.05, 0.1) is 12.4 Å². The molecule has 0 aliphatic carbocycles. The molecule has 0 fully saturated rings. The van der Waals surface area contributed by atoms with Gasteiger partial charge in [0.2, 0.25) is 0 Å². The minimum absolute atomic E-state index is 0.00508. The first-order valence-corrected chi connectivity index (χ1v) is 4.50. The molecule has 8 nitrogen and oxygen atoms in total. The van der Waals surface area contributed by atoms with E-state index >= 15 is 0 Å². The molecule has 0 amide bonds. The van der Waals surface area contributed by atoms with Crippen LogP contribution in [0, 0.1) is 0 Å². The van der Waals surface area contributed by atoms with Crippen molar-refractivity contribution >= 4 is 7.69 Å². The lowest BCUT2D eigenvalue weighted by Crippen LogP contribution is -2.21. The van der Waals surface area contributed by atoms with E-state index in [1.165, 1.54) is 24.5 Å². The Hall–Kier alpha value is -2.58. The average molecular weight is 233 g/mol. The fraction of sp³-hybridized carbons (Fsp3) is 0. The number of nitrogens with zero attached hydrogens (tertiary/aromatic N) is 2. The maximum Gasteiger partial charge on any atom is 0.658 e. The minimum atomic E-state index is -0.504. The number of aromatic nitrogens is 4. The maximum atomic E-state index is 11.1. The van der Waals surface area contributed by atoms with E-state index in [9.17, 15) is 9.59 Å². The fourth-order valence-electron chi connectivity index (χ4n) is 0.977. The van der Waals surface area contributed by atoms with Crippen molar-refractivity contribution in [2.45, 2.75) is 0 Å². The zero-order valence-electron chi connectivity index (χ0n) is 8.41. The fourth-order valence-corrected chi connectivity index (χ4v) is 0.977. The molecule has 2 heterocycles. The monoisotopic (exact) mass is 233 g/mol. The summed E-state index contributed by atoms with van der Waals surface area (Å²) in [5, 5.41) is 11.3. The Kier molecular flexibility index (Phi) is 3.19. The van der Waals surface area contributed by atoms with Crippen LogP contribution in [-0.4, -0.2) is 28.1 Å². The van der Waals surface area contributed by atoms with Crippen LogP contribution in [0.4, 0.5) is 0 Å². The summed E-state index contributed by atoms with van der Waals surface area (Å²) in [5.41, 5.74) is -1.01. The van der Waals surface area contributed by atoms with Gasteiger partial charge in [-0.2, -0.15) is 10.2 Å². The van der Waals surface area contributed by atoms with Crippen LogP contribution >= 0.6 is 0 Å². The normalized spacial score (nSPS) is 9.65. The highest BCUT2D eigenvalue weighted by Crippen LogP contribution is 2.00. The standard InChI is InChI=1S/C8H6BN4O4/c14-7-5(1-3-10-12-7)16-9-17-6-2-4-11-13-8(6)15/h1-4H,(H,12,14)(H,13,15). The molecule has 2 rings (SSSR count). The van der Waals surface area contributed by atoms with Crippen molar-refractivity contribution in [2.75, 3.05) is 0 Å². The number of hydrogen-bond donors (Lipinski definition) is 2. The summed E-state index contributed by atoms with van der Waals surface area (Å²) < 4.78 is 9.78. The number of nitrogens with one attached hydrogen (secondary N) is 2. The Morgan fingerprint density at radius 2 is 1.41 bits per heavy atom. The predicted molar refractivity (Wildman–Crippen MR) is 56.7 cm³/mol. The Balaban J connectivity index is 1.97. The number of hydrogen-bond acceptors (Lipinski definition) is 6.